The number of piperidine rings is 1. The molecule has 2 rings (SSSR count). The smallest absolute Gasteiger partial charge is 0.335 e. The predicted molar refractivity (Wildman–Crippen MR) is 70.4 cm³/mol. The van der Waals surface area contributed by atoms with E-state index in [9.17, 15) is 9.18 Å². The monoisotopic (exact) mass is 266 g/mol. The van der Waals surface area contributed by atoms with Gasteiger partial charge in [0.05, 0.1) is 5.56 Å². The minimum Gasteiger partial charge on any atom is -0.478 e. The molecule has 0 atom stereocenters. The molecule has 0 aromatic heterocycles. The van der Waals surface area contributed by atoms with Gasteiger partial charge in [0.2, 0.25) is 0 Å². The molecule has 4 nitrogen and oxygen atoms in total. The third-order valence-electron chi connectivity index (χ3n) is 3.73. The van der Waals surface area contributed by atoms with Crippen LogP contribution in [0.5, 0.6) is 0 Å². The molecule has 0 radical (unpaired) electrons. The first-order valence-corrected chi connectivity index (χ1v) is 6.54. The van der Waals surface area contributed by atoms with E-state index in [0.29, 0.717) is 18.0 Å². The van der Waals surface area contributed by atoms with E-state index in [1.807, 2.05) is 0 Å². The van der Waals surface area contributed by atoms with Crippen molar-refractivity contribution in [3.63, 3.8) is 0 Å². The molecule has 0 aliphatic carbocycles. The summed E-state index contributed by atoms with van der Waals surface area (Å²) >= 11 is 0. The number of carboxylic acid groups (broad SMARTS) is 1. The van der Waals surface area contributed by atoms with Gasteiger partial charge in [-0.1, -0.05) is 6.07 Å². The zero-order valence-corrected chi connectivity index (χ0v) is 10.8. The quantitative estimate of drug-likeness (QED) is 0.870. The van der Waals surface area contributed by atoms with Crippen LogP contribution in [0.15, 0.2) is 18.2 Å². The van der Waals surface area contributed by atoms with Crippen LogP contribution in [0.2, 0.25) is 0 Å². The van der Waals surface area contributed by atoms with Crippen LogP contribution in [-0.4, -0.2) is 35.6 Å². The molecule has 104 valence electrons. The van der Waals surface area contributed by atoms with Crippen LogP contribution in [0.4, 0.5) is 4.39 Å². The van der Waals surface area contributed by atoms with Crippen LogP contribution in [0.3, 0.4) is 0 Å². The molecule has 3 N–H and O–H groups in total. The second kappa shape index (κ2) is 6.12. The molecule has 1 aromatic rings. The topological polar surface area (TPSA) is 66.6 Å². The second-order valence-electron chi connectivity index (χ2n) is 5.07. The van der Waals surface area contributed by atoms with Crippen LogP contribution < -0.4 is 5.73 Å². The van der Waals surface area contributed by atoms with Gasteiger partial charge in [-0.3, -0.25) is 4.90 Å². The van der Waals surface area contributed by atoms with E-state index < -0.39 is 11.8 Å². The van der Waals surface area contributed by atoms with Gasteiger partial charge in [0.15, 0.2) is 0 Å². The Hall–Kier alpha value is -1.46. The fourth-order valence-corrected chi connectivity index (χ4v) is 2.43. The maximum atomic E-state index is 13.8. The SMILES string of the molecule is NCC1CCN(Cc2ccc(C(=O)O)cc2F)CC1. The van der Waals surface area contributed by atoms with E-state index in [4.69, 9.17) is 10.8 Å². The first-order valence-electron chi connectivity index (χ1n) is 6.54. The highest BCUT2D eigenvalue weighted by molar-refractivity contribution is 5.87. The summed E-state index contributed by atoms with van der Waals surface area (Å²) in [6.45, 7) is 3.09. The Bertz CT molecular complexity index is 457. The average molecular weight is 266 g/mol. The highest BCUT2D eigenvalue weighted by atomic mass is 19.1. The Kier molecular flexibility index (Phi) is 4.50. The van der Waals surface area contributed by atoms with E-state index in [0.717, 1.165) is 38.5 Å². The Morgan fingerprint density at radius 1 is 1.42 bits per heavy atom. The number of nitrogens with zero attached hydrogens (tertiary/aromatic N) is 1. The lowest BCUT2D eigenvalue weighted by atomic mass is 9.96. The fourth-order valence-electron chi connectivity index (χ4n) is 2.43. The van der Waals surface area contributed by atoms with Gasteiger partial charge >= 0.3 is 5.97 Å². The Balaban J connectivity index is 1.98. The lowest BCUT2D eigenvalue weighted by molar-refractivity contribution is 0.0696. The highest BCUT2D eigenvalue weighted by Crippen LogP contribution is 2.19. The van der Waals surface area contributed by atoms with E-state index in [2.05, 4.69) is 4.90 Å². The number of carboxylic acids is 1. The van der Waals surface area contributed by atoms with E-state index in [1.54, 1.807) is 6.07 Å². The molecule has 5 heteroatoms. The lowest BCUT2D eigenvalue weighted by Crippen LogP contribution is -2.35. The number of nitrogens with two attached hydrogens (primary N) is 1. The van der Waals surface area contributed by atoms with Crippen LogP contribution in [-0.2, 0) is 6.54 Å². The number of halogens is 1. The zero-order valence-electron chi connectivity index (χ0n) is 10.8. The normalized spacial score (nSPS) is 17.6. The van der Waals surface area contributed by atoms with Gasteiger partial charge in [0.25, 0.3) is 0 Å². The summed E-state index contributed by atoms with van der Waals surface area (Å²) in [6.07, 6.45) is 2.09. The molecule has 1 aliphatic rings. The Morgan fingerprint density at radius 2 is 2.11 bits per heavy atom. The third kappa shape index (κ3) is 3.52. The molecule has 0 amide bonds. The number of likely N-dealkylation sites (tertiary alicyclic amines) is 1. The van der Waals surface area contributed by atoms with E-state index >= 15 is 0 Å². The van der Waals surface area contributed by atoms with Crippen molar-refractivity contribution in [3.05, 3.63) is 35.1 Å². The molecule has 19 heavy (non-hydrogen) atoms. The fraction of sp³-hybridized carbons (Fsp3) is 0.500. The summed E-state index contributed by atoms with van der Waals surface area (Å²) in [4.78, 5) is 12.9. The maximum absolute atomic E-state index is 13.8. The molecule has 0 spiro atoms. The summed E-state index contributed by atoms with van der Waals surface area (Å²) < 4.78 is 13.8. The average Bonchev–Trinajstić information content (AvgIpc) is 2.41. The number of hydrogen-bond acceptors (Lipinski definition) is 3. The Labute approximate surface area is 112 Å². The minimum absolute atomic E-state index is 0.0110. The molecule has 0 unspecified atom stereocenters. The van der Waals surface area contributed by atoms with Gasteiger partial charge in [-0.25, -0.2) is 9.18 Å². The summed E-state index contributed by atoms with van der Waals surface area (Å²) in [5.41, 5.74) is 6.18. The van der Waals surface area contributed by atoms with Crippen molar-refractivity contribution in [1.82, 2.24) is 4.90 Å². The zero-order chi connectivity index (χ0) is 13.8. The molecule has 1 aliphatic heterocycles. The van der Waals surface area contributed by atoms with Gasteiger partial charge in [-0.15, -0.1) is 0 Å². The highest BCUT2D eigenvalue weighted by Gasteiger charge is 2.19. The molecule has 1 heterocycles. The van der Waals surface area contributed by atoms with Crippen molar-refractivity contribution in [2.75, 3.05) is 19.6 Å². The van der Waals surface area contributed by atoms with Gasteiger partial charge in [-0.05, 0) is 50.5 Å². The van der Waals surface area contributed by atoms with Crippen molar-refractivity contribution >= 4 is 5.97 Å². The summed E-state index contributed by atoms with van der Waals surface area (Å²) in [7, 11) is 0. The number of aromatic carboxylic acids is 1. The van der Waals surface area contributed by atoms with Crippen molar-refractivity contribution in [2.24, 2.45) is 11.7 Å². The second-order valence-corrected chi connectivity index (χ2v) is 5.07. The predicted octanol–water partition coefficient (Wildman–Crippen LogP) is 1.69. The van der Waals surface area contributed by atoms with Crippen LogP contribution in [0.25, 0.3) is 0 Å². The Morgan fingerprint density at radius 3 is 2.63 bits per heavy atom. The molecular weight excluding hydrogens is 247 g/mol. The lowest BCUT2D eigenvalue weighted by Gasteiger charge is -2.31. The van der Waals surface area contributed by atoms with Gasteiger partial charge < -0.3 is 10.8 Å². The number of rotatable bonds is 4. The molecule has 0 saturated carbocycles. The first-order chi connectivity index (χ1) is 9.10. The van der Waals surface area contributed by atoms with Gasteiger partial charge in [-0.2, -0.15) is 0 Å². The molecular formula is C14H19FN2O2. The number of benzene rings is 1. The van der Waals surface area contributed by atoms with E-state index in [-0.39, 0.29) is 5.56 Å². The summed E-state index contributed by atoms with van der Waals surface area (Å²) in [5, 5.41) is 8.79. The van der Waals surface area contributed by atoms with Crippen LogP contribution in [0, 0.1) is 11.7 Å². The van der Waals surface area contributed by atoms with Gasteiger partial charge in [0.1, 0.15) is 5.82 Å². The van der Waals surface area contributed by atoms with Crippen molar-refractivity contribution < 1.29 is 14.3 Å². The van der Waals surface area contributed by atoms with Crippen LogP contribution >= 0.6 is 0 Å². The standard InChI is InChI=1S/C14H19FN2O2/c15-13-7-11(14(18)19)1-2-12(13)9-17-5-3-10(8-16)4-6-17/h1-2,7,10H,3-6,8-9,16H2,(H,18,19). The largest absolute Gasteiger partial charge is 0.478 e. The van der Waals surface area contributed by atoms with Crippen LogP contribution in [0.1, 0.15) is 28.8 Å². The van der Waals surface area contributed by atoms with Gasteiger partial charge in [0, 0.05) is 12.1 Å². The minimum atomic E-state index is -1.10. The number of hydrogen-bond donors (Lipinski definition) is 2. The summed E-state index contributed by atoms with van der Waals surface area (Å²) in [6, 6.07) is 4.10. The molecule has 1 fully saturated rings. The first kappa shape index (κ1) is 14.0. The molecule has 1 saturated heterocycles. The molecule has 0 bridgehead atoms. The number of carbonyl (C=O) groups is 1. The van der Waals surface area contributed by atoms with Crippen molar-refractivity contribution in [3.8, 4) is 0 Å². The van der Waals surface area contributed by atoms with Crippen molar-refractivity contribution in [2.45, 2.75) is 19.4 Å². The summed E-state index contributed by atoms with van der Waals surface area (Å²) in [5.74, 6) is -0.967. The van der Waals surface area contributed by atoms with E-state index in [1.165, 1.54) is 6.07 Å². The van der Waals surface area contributed by atoms with Crippen molar-refractivity contribution in [1.29, 1.82) is 0 Å². The molecule has 1 aromatic carbocycles. The maximum Gasteiger partial charge on any atom is 0.335 e. The third-order valence-corrected chi connectivity index (χ3v) is 3.73.